The van der Waals surface area contributed by atoms with Crippen molar-refractivity contribution in [2.45, 2.75) is 57.4 Å². The summed E-state index contributed by atoms with van der Waals surface area (Å²) >= 11 is 13.0. The highest BCUT2D eigenvalue weighted by Crippen LogP contribution is 2.32. The summed E-state index contributed by atoms with van der Waals surface area (Å²) in [6, 6.07) is 13.3. The number of anilines is 2. The summed E-state index contributed by atoms with van der Waals surface area (Å²) in [4.78, 5) is 30.8. The number of carbonyl (C=O) groups is 2. The SMILES string of the molecule is O=C(O)CCn1ccc(-c2nc(N3CCC(Oc4cc(F)ccc4Br)CC3)no2)n1.O=C(O)Cn1nnc(-c2cc(N3CCC(Oc4cc(Br)ccc4Cl)CC3)no2)n1. The van der Waals surface area contributed by atoms with Gasteiger partial charge in [-0.15, -0.1) is 10.2 Å². The van der Waals surface area contributed by atoms with E-state index in [9.17, 15) is 14.0 Å². The number of nitrogens with zero attached hydrogens (tertiary/aromatic N) is 11. The minimum Gasteiger partial charge on any atom is -0.489 e. The number of aliphatic carboxylic acids is 2. The van der Waals surface area contributed by atoms with Gasteiger partial charge >= 0.3 is 11.9 Å². The number of hydrogen-bond donors (Lipinski definition) is 2. The van der Waals surface area contributed by atoms with Crippen molar-refractivity contribution in [2.75, 3.05) is 36.0 Å². The first kappa shape index (κ1) is 41.5. The molecule has 0 bridgehead atoms. The fourth-order valence-electron chi connectivity index (χ4n) is 6.18. The van der Waals surface area contributed by atoms with Gasteiger partial charge in [0.15, 0.2) is 18.1 Å². The molecule has 4 aromatic heterocycles. The second-order valence-electron chi connectivity index (χ2n) is 13.4. The molecule has 59 heavy (non-hydrogen) atoms. The smallest absolute Gasteiger partial charge is 0.327 e. The Kier molecular flexibility index (Phi) is 13.4. The van der Waals surface area contributed by atoms with Crippen molar-refractivity contribution in [3.05, 3.63) is 74.5 Å². The molecule has 0 spiro atoms. The van der Waals surface area contributed by atoms with Crippen molar-refractivity contribution in [3.63, 3.8) is 0 Å². The first-order valence-electron chi connectivity index (χ1n) is 18.2. The van der Waals surface area contributed by atoms with Gasteiger partial charge in [0.05, 0.1) is 22.5 Å². The molecule has 0 aliphatic carbocycles. The number of rotatable bonds is 13. The molecule has 2 saturated heterocycles. The number of aryl methyl sites for hydroxylation is 1. The van der Waals surface area contributed by atoms with Gasteiger partial charge in [-0.05, 0) is 62.7 Å². The highest BCUT2D eigenvalue weighted by molar-refractivity contribution is 9.10. The van der Waals surface area contributed by atoms with Gasteiger partial charge in [-0.25, -0.2) is 4.39 Å². The average molecular weight is 964 g/mol. The summed E-state index contributed by atoms with van der Waals surface area (Å²) in [5.74, 6) is 0.808. The number of hydrogen-bond acceptors (Lipinski definition) is 15. The van der Waals surface area contributed by atoms with E-state index in [1.807, 2.05) is 17.0 Å². The van der Waals surface area contributed by atoms with Crippen molar-refractivity contribution in [3.8, 4) is 34.7 Å². The normalized spacial score (nSPS) is 14.8. The maximum atomic E-state index is 13.4. The van der Waals surface area contributed by atoms with Gasteiger partial charge < -0.3 is 38.5 Å². The van der Waals surface area contributed by atoms with E-state index in [-0.39, 0.29) is 49.3 Å². The maximum absolute atomic E-state index is 13.4. The van der Waals surface area contributed by atoms with Crippen LogP contribution in [0.25, 0.3) is 23.2 Å². The Labute approximate surface area is 356 Å². The average Bonchev–Trinajstić information content (AvgIpc) is 4.06. The van der Waals surface area contributed by atoms with Gasteiger partial charge in [0.25, 0.3) is 11.8 Å². The third-order valence-electron chi connectivity index (χ3n) is 9.14. The van der Waals surface area contributed by atoms with E-state index in [2.05, 4.69) is 72.6 Å². The molecule has 2 aliphatic rings. The predicted molar refractivity (Wildman–Crippen MR) is 214 cm³/mol. The molecular formula is C36H35Br2ClFN11O8. The van der Waals surface area contributed by atoms with Crippen LogP contribution < -0.4 is 19.3 Å². The lowest BCUT2D eigenvalue weighted by atomic mass is 10.1. The molecule has 0 saturated carbocycles. The number of aromatic nitrogens is 9. The number of tetrazole rings is 1. The maximum Gasteiger partial charge on any atom is 0.327 e. The zero-order valence-corrected chi connectivity index (χ0v) is 34.8. The molecule has 6 aromatic rings. The summed E-state index contributed by atoms with van der Waals surface area (Å²) < 4.78 is 39.2. The third kappa shape index (κ3) is 11.1. The molecular weight excluding hydrogens is 929 g/mol. The minimum absolute atomic E-state index is 0.0145. The van der Waals surface area contributed by atoms with Crippen LogP contribution in [-0.4, -0.2) is 106 Å². The predicted octanol–water partition coefficient (Wildman–Crippen LogP) is 6.23. The Hall–Kier alpha value is -5.61. The van der Waals surface area contributed by atoms with E-state index < -0.39 is 11.9 Å². The van der Waals surface area contributed by atoms with Crippen LogP contribution in [0.2, 0.25) is 5.02 Å². The van der Waals surface area contributed by atoms with Gasteiger partial charge in [-0.2, -0.15) is 14.9 Å². The Morgan fingerprint density at radius 1 is 0.864 bits per heavy atom. The van der Waals surface area contributed by atoms with Gasteiger partial charge in [0, 0.05) is 74.7 Å². The fraction of sp³-hybridized carbons (Fsp3) is 0.361. The van der Waals surface area contributed by atoms with E-state index in [0.717, 1.165) is 52.5 Å². The summed E-state index contributed by atoms with van der Waals surface area (Å²) in [6.07, 6.45) is 4.76. The molecule has 2 fully saturated rings. The van der Waals surface area contributed by atoms with Crippen LogP contribution in [0.1, 0.15) is 32.1 Å². The number of carboxylic acid groups (broad SMARTS) is 2. The van der Waals surface area contributed by atoms with E-state index >= 15 is 0 Å². The van der Waals surface area contributed by atoms with E-state index in [1.165, 1.54) is 16.8 Å². The minimum atomic E-state index is -1.05. The molecule has 8 rings (SSSR count). The molecule has 6 heterocycles. The fourth-order valence-corrected chi connectivity index (χ4v) is 7.02. The number of piperidine rings is 2. The molecule has 2 aromatic carbocycles. The van der Waals surface area contributed by atoms with Crippen LogP contribution in [-0.2, 0) is 22.7 Å². The van der Waals surface area contributed by atoms with Crippen LogP contribution >= 0.6 is 43.5 Å². The molecule has 0 unspecified atom stereocenters. The molecule has 19 nitrogen and oxygen atoms in total. The number of halogens is 4. The van der Waals surface area contributed by atoms with Gasteiger partial charge in [-0.3, -0.25) is 14.3 Å². The monoisotopic (exact) mass is 961 g/mol. The number of ether oxygens (including phenoxy) is 2. The molecule has 0 atom stereocenters. The lowest BCUT2D eigenvalue weighted by Gasteiger charge is -2.32. The Bertz CT molecular complexity index is 2380. The second-order valence-corrected chi connectivity index (χ2v) is 15.5. The molecule has 23 heteroatoms. The van der Waals surface area contributed by atoms with Gasteiger partial charge in [0.1, 0.15) is 29.5 Å². The zero-order chi connectivity index (χ0) is 41.5. The summed E-state index contributed by atoms with van der Waals surface area (Å²) in [5, 5.41) is 41.9. The van der Waals surface area contributed by atoms with Crippen LogP contribution in [0.5, 0.6) is 11.5 Å². The highest BCUT2D eigenvalue weighted by atomic mass is 79.9. The van der Waals surface area contributed by atoms with Crippen molar-refractivity contribution >= 4 is 67.2 Å². The zero-order valence-electron chi connectivity index (χ0n) is 30.9. The van der Waals surface area contributed by atoms with Gasteiger partial charge in [0.2, 0.25) is 11.6 Å². The second kappa shape index (κ2) is 19.0. The molecule has 0 amide bonds. The van der Waals surface area contributed by atoms with Crippen LogP contribution in [0.15, 0.2) is 72.7 Å². The first-order chi connectivity index (χ1) is 28.4. The Balaban J connectivity index is 0.000000179. The van der Waals surface area contributed by atoms with Crippen molar-refractivity contribution in [2.24, 2.45) is 0 Å². The standard InChI is InChI=1S/C19H19BrFN5O4.C17H16BrClN6O4/c20-14-2-1-12(21)11-16(14)29-13-3-7-25(8-4-13)19-22-18(30-24-19)15-5-9-26(23-15)10-6-17(27)28;18-10-1-2-12(19)13(7-10)28-11-3-5-24(6-4-11)15-8-14(29-22-15)17-20-23-25(21-17)9-16(26)27/h1-2,5,9,11,13H,3-4,6-8,10H2,(H,27,28);1-2,7-8,11H,3-6,9H2,(H,26,27). The summed E-state index contributed by atoms with van der Waals surface area (Å²) in [6.45, 7) is 2.71. The van der Waals surface area contributed by atoms with Crippen LogP contribution in [0.3, 0.4) is 0 Å². The first-order valence-corrected chi connectivity index (χ1v) is 20.2. The van der Waals surface area contributed by atoms with E-state index in [1.54, 1.807) is 30.5 Å². The highest BCUT2D eigenvalue weighted by Gasteiger charge is 2.27. The van der Waals surface area contributed by atoms with Crippen molar-refractivity contribution in [1.82, 2.24) is 45.3 Å². The van der Waals surface area contributed by atoms with Crippen LogP contribution in [0.4, 0.5) is 16.2 Å². The van der Waals surface area contributed by atoms with Gasteiger partial charge in [-0.1, -0.05) is 32.7 Å². The summed E-state index contributed by atoms with van der Waals surface area (Å²) in [7, 11) is 0. The Morgan fingerprint density at radius 3 is 2.32 bits per heavy atom. The topological polar surface area (TPSA) is 226 Å². The number of benzene rings is 2. The largest absolute Gasteiger partial charge is 0.489 e. The molecule has 2 N–H and O–H groups in total. The third-order valence-corrected chi connectivity index (χ3v) is 10.6. The lowest BCUT2D eigenvalue weighted by molar-refractivity contribution is -0.138. The molecule has 2 aliphatic heterocycles. The van der Waals surface area contributed by atoms with Crippen molar-refractivity contribution in [1.29, 1.82) is 0 Å². The number of carboxylic acids is 2. The van der Waals surface area contributed by atoms with E-state index in [4.69, 9.17) is 40.3 Å². The lowest BCUT2D eigenvalue weighted by Crippen LogP contribution is -2.38. The Morgan fingerprint density at radius 2 is 1.59 bits per heavy atom. The molecule has 310 valence electrons. The quantitative estimate of drug-likeness (QED) is 0.131. The summed E-state index contributed by atoms with van der Waals surface area (Å²) in [5.41, 5.74) is 0.494. The molecule has 0 radical (unpaired) electrons. The van der Waals surface area contributed by atoms with Crippen molar-refractivity contribution < 1.29 is 42.7 Å². The van der Waals surface area contributed by atoms with Crippen LogP contribution in [0, 0.1) is 5.82 Å². The van der Waals surface area contributed by atoms with E-state index in [0.29, 0.717) is 52.8 Å².